The van der Waals surface area contributed by atoms with Gasteiger partial charge in [0.15, 0.2) is 0 Å². The molecule has 0 saturated carbocycles. The first-order valence-electron chi connectivity index (χ1n) is 8.25. The van der Waals surface area contributed by atoms with Crippen LogP contribution in [0.2, 0.25) is 0 Å². The van der Waals surface area contributed by atoms with Crippen molar-refractivity contribution in [3.63, 3.8) is 0 Å². The van der Waals surface area contributed by atoms with E-state index in [1.54, 1.807) is 24.3 Å². The zero-order chi connectivity index (χ0) is 21.1. The largest absolute Gasteiger partial charge is 0.495 e. The van der Waals surface area contributed by atoms with Crippen LogP contribution in [0.5, 0.6) is 5.75 Å². The number of halogens is 1. The molecule has 0 spiro atoms. The summed E-state index contributed by atoms with van der Waals surface area (Å²) in [7, 11) is -6.42. The highest BCUT2D eigenvalue weighted by atomic mass is 32.2. The molecule has 0 bridgehead atoms. The lowest BCUT2D eigenvalue weighted by atomic mass is 10.3. The number of hydrogen-bond acceptors (Lipinski definition) is 5. The highest BCUT2D eigenvalue weighted by Gasteiger charge is 2.18. The summed E-state index contributed by atoms with van der Waals surface area (Å²) in [6.45, 7) is 0. The second-order valence-electron chi connectivity index (χ2n) is 5.89. The Labute approximate surface area is 168 Å². The van der Waals surface area contributed by atoms with E-state index < -0.39 is 25.9 Å². The van der Waals surface area contributed by atoms with Crippen molar-refractivity contribution in [2.45, 2.75) is 9.79 Å². The minimum Gasteiger partial charge on any atom is -0.495 e. The molecule has 7 nitrogen and oxygen atoms in total. The fraction of sp³-hybridized carbons (Fsp3) is 0.0526. The molecule has 0 atom stereocenters. The molecule has 0 amide bonds. The van der Waals surface area contributed by atoms with Crippen molar-refractivity contribution in [2.24, 2.45) is 0 Å². The maximum atomic E-state index is 13.0. The summed E-state index contributed by atoms with van der Waals surface area (Å²) in [6, 6.07) is 16.0. The predicted molar refractivity (Wildman–Crippen MR) is 107 cm³/mol. The molecule has 10 heteroatoms. The van der Waals surface area contributed by atoms with Crippen LogP contribution in [-0.2, 0) is 20.0 Å². The molecule has 0 aliphatic rings. The summed E-state index contributed by atoms with van der Waals surface area (Å²) in [4.78, 5) is -0.179. The number of rotatable bonds is 7. The number of benzene rings is 3. The van der Waals surface area contributed by atoms with Gasteiger partial charge in [-0.05, 0) is 60.7 Å². The van der Waals surface area contributed by atoms with E-state index in [1.807, 2.05) is 0 Å². The molecule has 3 rings (SSSR count). The van der Waals surface area contributed by atoms with Gasteiger partial charge < -0.3 is 4.74 Å². The number of nitrogens with one attached hydrogen (secondary N) is 2. The molecule has 2 N–H and O–H groups in total. The summed E-state index contributed by atoms with van der Waals surface area (Å²) in [5.41, 5.74) is 0.432. The highest BCUT2D eigenvalue weighted by Crippen LogP contribution is 2.26. The molecule has 3 aromatic carbocycles. The van der Waals surface area contributed by atoms with Gasteiger partial charge in [-0.25, -0.2) is 21.2 Å². The third-order valence-corrected chi connectivity index (χ3v) is 6.67. The highest BCUT2D eigenvalue weighted by molar-refractivity contribution is 7.93. The van der Waals surface area contributed by atoms with Crippen LogP contribution >= 0.6 is 0 Å². The van der Waals surface area contributed by atoms with Crippen molar-refractivity contribution < 1.29 is 26.0 Å². The summed E-state index contributed by atoms with van der Waals surface area (Å²) >= 11 is 0. The molecule has 0 aliphatic carbocycles. The van der Waals surface area contributed by atoms with Gasteiger partial charge in [-0.1, -0.05) is 12.1 Å². The van der Waals surface area contributed by atoms with Crippen LogP contribution in [0.4, 0.5) is 15.8 Å². The van der Waals surface area contributed by atoms with E-state index in [4.69, 9.17) is 4.74 Å². The molecule has 0 aliphatic heterocycles. The van der Waals surface area contributed by atoms with Gasteiger partial charge in [0.25, 0.3) is 20.0 Å². The van der Waals surface area contributed by atoms with E-state index in [9.17, 15) is 21.2 Å². The zero-order valence-electron chi connectivity index (χ0n) is 15.2. The van der Waals surface area contributed by atoms with Crippen molar-refractivity contribution in [2.75, 3.05) is 16.6 Å². The molecular formula is C19H17FN2O5S2. The molecule has 0 fully saturated rings. The minimum absolute atomic E-state index is 0.0619. The first-order chi connectivity index (χ1) is 13.7. The third-order valence-electron chi connectivity index (χ3n) is 3.89. The lowest BCUT2D eigenvalue weighted by molar-refractivity contribution is 0.417. The number of methoxy groups -OCH3 is 1. The average molecular weight is 436 g/mol. The predicted octanol–water partition coefficient (Wildman–Crippen LogP) is 3.44. The maximum Gasteiger partial charge on any atom is 0.262 e. The molecule has 0 radical (unpaired) electrons. The van der Waals surface area contributed by atoms with Gasteiger partial charge in [0.05, 0.1) is 22.6 Å². The summed E-state index contributed by atoms with van der Waals surface area (Å²) in [5.74, 6) is -0.194. The fourth-order valence-corrected chi connectivity index (χ4v) is 4.59. The van der Waals surface area contributed by atoms with Crippen LogP contribution in [0.1, 0.15) is 0 Å². The molecular weight excluding hydrogens is 419 g/mol. The summed E-state index contributed by atoms with van der Waals surface area (Å²) < 4.78 is 72.7. The lowest BCUT2D eigenvalue weighted by Gasteiger charge is -2.12. The van der Waals surface area contributed by atoms with Crippen molar-refractivity contribution in [1.82, 2.24) is 0 Å². The Hall–Kier alpha value is -3.11. The first kappa shape index (κ1) is 20.6. The van der Waals surface area contributed by atoms with E-state index in [2.05, 4.69) is 9.44 Å². The fourth-order valence-electron chi connectivity index (χ4n) is 2.46. The van der Waals surface area contributed by atoms with E-state index in [0.29, 0.717) is 5.75 Å². The summed E-state index contributed by atoms with van der Waals surface area (Å²) in [5, 5.41) is 0. The SMILES string of the molecule is COc1ccccc1NS(=O)(=O)c1ccc(NS(=O)(=O)c2ccc(F)cc2)cc1. The number of hydrogen-bond donors (Lipinski definition) is 2. The Morgan fingerprint density at radius 3 is 1.83 bits per heavy atom. The van der Waals surface area contributed by atoms with Crippen molar-refractivity contribution in [3.05, 3.63) is 78.6 Å². The molecule has 0 heterocycles. The number of anilines is 2. The third kappa shape index (κ3) is 4.84. The monoisotopic (exact) mass is 436 g/mol. The van der Waals surface area contributed by atoms with Gasteiger partial charge in [-0.2, -0.15) is 0 Å². The van der Waals surface area contributed by atoms with Crippen LogP contribution in [-0.4, -0.2) is 23.9 Å². The zero-order valence-corrected chi connectivity index (χ0v) is 16.8. The van der Waals surface area contributed by atoms with Gasteiger partial charge in [-0.3, -0.25) is 9.44 Å². The second kappa shape index (κ2) is 8.10. The van der Waals surface area contributed by atoms with Crippen LogP contribution < -0.4 is 14.2 Å². The summed E-state index contributed by atoms with van der Waals surface area (Å²) in [6.07, 6.45) is 0. The first-order valence-corrected chi connectivity index (χ1v) is 11.2. The van der Waals surface area contributed by atoms with Crippen LogP contribution in [0.25, 0.3) is 0 Å². The second-order valence-corrected chi connectivity index (χ2v) is 9.25. The van der Waals surface area contributed by atoms with Gasteiger partial charge in [0.2, 0.25) is 0 Å². The van der Waals surface area contributed by atoms with E-state index in [0.717, 1.165) is 24.3 Å². The van der Waals surface area contributed by atoms with Crippen LogP contribution in [0.3, 0.4) is 0 Å². The van der Waals surface area contributed by atoms with Crippen molar-refractivity contribution in [3.8, 4) is 5.75 Å². The topological polar surface area (TPSA) is 102 Å². The van der Waals surface area contributed by atoms with Crippen molar-refractivity contribution in [1.29, 1.82) is 0 Å². The van der Waals surface area contributed by atoms with Gasteiger partial charge in [0, 0.05) is 5.69 Å². The van der Waals surface area contributed by atoms with E-state index >= 15 is 0 Å². The van der Waals surface area contributed by atoms with Crippen LogP contribution in [0, 0.1) is 5.82 Å². The van der Waals surface area contributed by atoms with Gasteiger partial charge in [0.1, 0.15) is 11.6 Å². The Morgan fingerprint density at radius 1 is 0.724 bits per heavy atom. The molecule has 152 valence electrons. The minimum atomic E-state index is -3.93. The number of ether oxygens (including phenoxy) is 1. The van der Waals surface area contributed by atoms with Crippen molar-refractivity contribution >= 4 is 31.4 Å². The van der Waals surface area contributed by atoms with E-state index in [-0.39, 0.29) is 21.2 Å². The molecule has 0 unspecified atom stereocenters. The average Bonchev–Trinajstić information content (AvgIpc) is 2.68. The maximum absolute atomic E-state index is 13.0. The van der Waals surface area contributed by atoms with Gasteiger partial charge >= 0.3 is 0 Å². The quantitative estimate of drug-likeness (QED) is 0.591. The Balaban J connectivity index is 1.79. The molecule has 0 saturated heterocycles. The Morgan fingerprint density at radius 2 is 1.24 bits per heavy atom. The lowest BCUT2D eigenvalue weighted by Crippen LogP contribution is -2.15. The van der Waals surface area contributed by atoms with E-state index in [1.165, 1.54) is 31.4 Å². The number of para-hydroxylation sites is 2. The molecule has 3 aromatic rings. The molecule has 29 heavy (non-hydrogen) atoms. The Kier molecular flexibility index (Phi) is 5.76. The van der Waals surface area contributed by atoms with Gasteiger partial charge in [-0.15, -0.1) is 0 Å². The van der Waals surface area contributed by atoms with Crippen LogP contribution in [0.15, 0.2) is 82.6 Å². The smallest absolute Gasteiger partial charge is 0.262 e. The standard InChI is InChI=1S/C19H17FN2O5S2/c1-27-19-5-3-2-4-18(19)22-29(25,26)17-12-8-15(9-13-17)21-28(23,24)16-10-6-14(20)7-11-16/h2-13,21-22H,1H3. The number of sulfonamides is 2. The molecule has 0 aromatic heterocycles. The Bertz CT molecular complexity index is 1210. The normalized spacial score (nSPS) is 11.7.